The predicted molar refractivity (Wildman–Crippen MR) is 350 cm³/mol. The third-order valence-corrected chi connectivity index (χ3v) is 17.0. The predicted octanol–water partition coefficient (Wildman–Crippen LogP) is 5.15. The molecule has 0 aliphatic carbocycles. The summed E-state index contributed by atoms with van der Waals surface area (Å²) in [7, 11) is 12.0. The van der Waals surface area contributed by atoms with Gasteiger partial charge < -0.3 is 60.6 Å². The van der Waals surface area contributed by atoms with Gasteiger partial charge in [0, 0.05) is 56.4 Å². The lowest BCUT2D eigenvalue weighted by Gasteiger charge is -2.41. The van der Waals surface area contributed by atoms with Gasteiger partial charge in [0.25, 0.3) is 0 Å². The highest BCUT2D eigenvalue weighted by Crippen LogP contribution is 2.26. The van der Waals surface area contributed by atoms with E-state index < -0.39 is 143 Å². The minimum Gasteiger partial charge on any atom is -0.343 e. The van der Waals surface area contributed by atoms with Crippen molar-refractivity contribution >= 4 is 71.2 Å². The molecule has 0 aromatic rings. The Morgan fingerprint density at radius 2 is 0.809 bits per heavy atom. The Hall–Kier alpha value is -6.42. The Bertz CT molecular complexity index is 2450. The zero-order valence-corrected chi connectivity index (χ0v) is 59.1. The number of hydrogen-bond acceptors (Lipinski definition) is 12. The number of amides is 11. The van der Waals surface area contributed by atoms with Crippen molar-refractivity contribution in [3.63, 3.8) is 0 Å². The van der Waals surface area contributed by atoms with E-state index in [4.69, 9.17) is 0 Å². The molecule has 508 valence electrons. The van der Waals surface area contributed by atoms with Gasteiger partial charge in [0.2, 0.25) is 65.0 Å². The van der Waals surface area contributed by atoms with E-state index in [9.17, 15) is 38.4 Å². The molecule has 0 saturated carbocycles. The van der Waals surface area contributed by atoms with Gasteiger partial charge in [-0.25, -0.2) is 0 Å². The number of likely N-dealkylation sites (N-methyl/N-ethyl adjacent to an activating group) is 7. The van der Waals surface area contributed by atoms with E-state index in [2.05, 4.69) is 26.3 Å². The summed E-state index contributed by atoms with van der Waals surface area (Å²) < 4.78 is 0. The molecule has 23 nitrogen and oxygen atoms in total. The first-order chi connectivity index (χ1) is 41.2. The molecule has 1 heterocycles. The molecule has 1 fully saturated rings. The lowest BCUT2D eigenvalue weighted by atomic mass is 9.93. The van der Waals surface area contributed by atoms with Crippen LogP contribution in [0, 0.1) is 41.4 Å². The molecule has 0 spiro atoms. The average Bonchev–Trinajstić information content (AvgIpc) is 3.49. The molecule has 1 rings (SSSR count). The van der Waals surface area contributed by atoms with Crippen LogP contribution < -0.4 is 21.3 Å². The number of rotatable bonds is 18. The zero-order valence-electron chi connectivity index (χ0n) is 59.1. The maximum absolute atomic E-state index is 15.3. The van der Waals surface area contributed by atoms with Crippen molar-refractivity contribution in [2.24, 2.45) is 46.4 Å². The molecule has 23 heteroatoms. The highest BCUT2D eigenvalue weighted by atomic mass is 16.2. The van der Waals surface area contributed by atoms with Gasteiger partial charge in [-0.3, -0.25) is 52.7 Å². The van der Waals surface area contributed by atoms with Crippen LogP contribution >= 0.6 is 0 Å². The molecule has 1 aliphatic rings. The summed E-state index contributed by atoms with van der Waals surface area (Å²) in [6.45, 7) is 30.2. The van der Waals surface area contributed by atoms with E-state index in [-0.39, 0.29) is 68.1 Å². The van der Waals surface area contributed by atoms with Crippen molar-refractivity contribution < 1.29 is 52.7 Å². The fraction of sp³-hybridized carbons (Fsp3) is 0.788. The first kappa shape index (κ1) is 80.6. The summed E-state index contributed by atoms with van der Waals surface area (Å²) >= 11 is 0. The van der Waals surface area contributed by atoms with E-state index >= 15 is 14.4 Å². The van der Waals surface area contributed by atoms with E-state index in [1.54, 1.807) is 41.7 Å². The van der Waals surface area contributed by atoms with Crippen LogP contribution in [0.5, 0.6) is 0 Å². The molecule has 1 aliphatic heterocycles. The summed E-state index contributed by atoms with van der Waals surface area (Å²) in [6, 6.07) is -12.7. The number of nitrogens with one attached hydrogen (secondary N) is 4. The molecular weight excluding hydrogens is 1140 g/mol. The number of allylic oxidation sites excluding steroid dienone is 2. The minimum atomic E-state index is -1.22. The molecule has 0 aromatic carbocycles. The summed E-state index contributed by atoms with van der Waals surface area (Å²) in [5, 5.41) is 11.2. The van der Waals surface area contributed by atoms with Crippen LogP contribution in [-0.2, 0) is 52.7 Å². The van der Waals surface area contributed by atoms with Crippen LogP contribution in [0.25, 0.3) is 0 Å². The fourth-order valence-electron chi connectivity index (χ4n) is 11.2. The number of nitrogens with zero attached hydrogens (tertiary/aromatic N) is 8. The number of aliphatic imine (C=N–C) groups is 1. The third kappa shape index (κ3) is 23.7. The van der Waals surface area contributed by atoms with Crippen LogP contribution in [0.4, 0.5) is 0 Å². The number of unbranched alkanes of at least 4 members (excludes halogenated alkanes) is 1. The Morgan fingerprint density at radius 3 is 1.27 bits per heavy atom. The molecule has 12 atom stereocenters. The molecule has 0 radical (unpaired) electrons. The van der Waals surface area contributed by atoms with Gasteiger partial charge in [-0.2, -0.15) is 0 Å². The van der Waals surface area contributed by atoms with E-state index in [0.29, 0.717) is 6.42 Å². The first-order valence-corrected chi connectivity index (χ1v) is 32.4. The first-order valence-electron chi connectivity index (χ1n) is 32.4. The highest BCUT2D eigenvalue weighted by Gasteiger charge is 2.44. The minimum absolute atomic E-state index is 0.0942. The van der Waals surface area contributed by atoms with Crippen molar-refractivity contribution in [1.29, 1.82) is 0 Å². The van der Waals surface area contributed by atoms with Crippen LogP contribution in [0.3, 0.4) is 0 Å². The van der Waals surface area contributed by atoms with Crippen LogP contribution in [-0.4, -0.2) is 228 Å². The van der Waals surface area contributed by atoms with Crippen LogP contribution in [0.15, 0.2) is 17.1 Å². The van der Waals surface area contributed by atoms with Crippen molar-refractivity contribution in [1.82, 2.24) is 55.6 Å². The average molecular weight is 1260 g/mol. The molecule has 89 heavy (non-hydrogen) atoms. The van der Waals surface area contributed by atoms with Gasteiger partial charge in [0.1, 0.15) is 66.5 Å². The SMILES string of the molecule is CC[C@@H]1NC(=O)[C@H](C[C@H](C)C/C=C/CCC=NC)N(C)C(=O)[C@H](C(C)C)N(C)C(=O)[C@H](CC(C)C)N(C)C(=O)[C@H](CC(C)C)N(C)C(=O)[C@H](C)NC(=O)[C@@H](C)NC(=O)[C@@H](CC(C)C)N(C)C(=O)[C@@H](C(C)C)NC(=O)[C@H](CC(C)C)N(C)C(=O)[C@@H](C)N(C)C1=O. The largest absolute Gasteiger partial charge is 0.343 e. The molecule has 11 amide bonds. The monoisotopic (exact) mass is 1250 g/mol. The van der Waals surface area contributed by atoms with E-state index in [1.807, 2.05) is 80.7 Å². The second-order valence-corrected chi connectivity index (χ2v) is 27.3. The quantitative estimate of drug-likeness (QED) is 0.0792. The van der Waals surface area contributed by atoms with Crippen molar-refractivity contribution in [3.05, 3.63) is 12.2 Å². The lowest BCUT2D eigenvalue weighted by Crippen LogP contribution is -2.62. The smallest absolute Gasteiger partial charge is 0.246 e. The number of carbonyl (C=O) groups is 11. The van der Waals surface area contributed by atoms with Crippen molar-refractivity contribution in [2.75, 3.05) is 56.4 Å². The maximum Gasteiger partial charge on any atom is 0.246 e. The van der Waals surface area contributed by atoms with Gasteiger partial charge in [0.15, 0.2) is 0 Å². The Kier molecular flexibility index (Phi) is 34.1. The Labute approximate surface area is 534 Å². The summed E-state index contributed by atoms with van der Waals surface area (Å²) in [5.41, 5.74) is 0. The normalized spacial score (nSPS) is 26.8. The van der Waals surface area contributed by atoms with E-state index in [1.165, 1.54) is 104 Å². The number of carbonyl (C=O) groups excluding carboxylic acids is 11. The van der Waals surface area contributed by atoms with Gasteiger partial charge in [0.05, 0.1) is 0 Å². The Morgan fingerprint density at radius 1 is 0.404 bits per heavy atom. The highest BCUT2D eigenvalue weighted by molar-refractivity contribution is 6.00. The summed E-state index contributed by atoms with van der Waals surface area (Å²) in [5.74, 6) is -8.45. The van der Waals surface area contributed by atoms with Gasteiger partial charge in [-0.1, -0.05) is 109 Å². The Balaban J connectivity index is 4.35. The maximum atomic E-state index is 15.3. The zero-order chi connectivity index (χ0) is 68.8. The van der Waals surface area contributed by atoms with Gasteiger partial charge in [-0.05, 0) is 126 Å². The standard InChI is InChI=1S/C66H118N12O11/c1-26-48-62(85)72(19)47(17)61(84)73(20)50(34-39(4)5)59(82)71-54(42(10)11)65(88)74(21)49(33-38(2)3)57(80)68-45(15)56(79)69-46(16)60(83)76(23)52(35-40(6)7)63(86)77(24)53(36-41(8)9)64(87)78(25)55(43(12)13)66(89)75(22)51(58(81)70-48)37-44(14)31-29-27-28-30-32-67-18/h27,29,32,38-55H,26,28,30-31,33-37H2,1-25H3,(H,68,80)(H,69,79)(H,70,81)(H,71,82)/b29-27+,67-32?/t44-,45-,46+,47-,48+,49-,50+,51+,52+,53+,54-,55+/m1/s1. The lowest BCUT2D eigenvalue weighted by molar-refractivity contribution is -0.156. The molecule has 4 N–H and O–H groups in total. The molecule has 0 bridgehead atoms. The van der Waals surface area contributed by atoms with Gasteiger partial charge in [-0.15, -0.1) is 0 Å². The van der Waals surface area contributed by atoms with Gasteiger partial charge >= 0.3 is 0 Å². The topological polar surface area (TPSA) is 271 Å². The third-order valence-electron chi connectivity index (χ3n) is 17.0. The second-order valence-electron chi connectivity index (χ2n) is 27.3. The molecule has 1 saturated heterocycles. The van der Waals surface area contributed by atoms with E-state index in [0.717, 1.165) is 12.8 Å². The van der Waals surface area contributed by atoms with Crippen LogP contribution in [0.1, 0.15) is 175 Å². The fourth-order valence-corrected chi connectivity index (χ4v) is 11.2. The summed E-state index contributed by atoms with van der Waals surface area (Å²) in [6.07, 6.45) is 8.87. The molecule has 0 aromatic heterocycles. The molecular formula is C66H118N12O11. The number of hydrogen-bond donors (Lipinski definition) is 4. The second kappa shape index (κ2) is 37.7. The molecule has 0 unspecified atom stereocenters. The summed E-state index contributed by atoms with van der Waals surface area (Å²) in [4.78, 5) is 175. The van der Waals surface area contributed by atoms with Crippen molar-refractivity contribution in [3.8, 4) is 0 Å². The van der Waals surface area contributed by atoms with Crippen LogP contribution in [0.2, 0.25) is 0 Å². The van der Waals surface area contributed by atoms with Crippen molar-refractivity contribution in [2.45, 2.75) is 242 Å².